The van der Waals surface area contributed by atoms with E-state index in [1.54, 1.807) is 0 Å². The lowest BCUT2D eigenvalue weighted by Gasteiger charge is -2.18. The third-order valence-electron chi connectivity index (χ3n) is 3.89. The number of halogens is 1. The first kappa shape index (κ1) is 15.1. The average molecular weight is 288 g/mol. The molecule has 0 saturated carbocycles. The summed E-state index contributed by atoms with van der Waals surface area (Å²) in [4.78, 5) is 0. The van der Waals surface area contributed by atoms with E-state index in [2.05, 4.69) is 43.4 Å². The molecule has 2 rings (SSSR count). The number of benzene rings is 2. The number of rotatable bonds is 5. The zero-order valence-electron chi connectivity index (χ0n) is 12.4. The Labute approximate surface area is 127 Å². The van der Waals surface area contributed by atoms with Crippen LogP contribution in [0, 0.1) is 13.8 Å². The first-order valence-electron chi connectivity index (χ1n) is 7.07. The minimum atomic E-state index is 0.400. The number of nitrogens with one attached hydrogen (secondary N) is 1. The van der Waals surface area contributed by atoms with Crippen molar-refractivity contribution in [2.45, 2.75) is 32.7 Å². The summed E-state index contributed by atoms with van der Waals surface area (Å²) in [6, 6.07) is 15.2. The van der Waals surface area contributed by atoms with Gasteiger partial charge in [0.1, 0.15) is 0 Å². The molecule has 0 fully saturated rings. The van der Waals surface area contributed by atoms with Crippen molar-refractivity contribution in [3.8, 4) is 0 Å². The molecule has 0 aliphatic carbocycles. The zero-order chi connectivity index (χ0) is 14.5. The fraction of sp³-hybridized carbons (Fsp3) is 0.333. The molecule has 1 nitrogen and oxygen atoms in total. The van der Waals surface area contributed by atoms with Crippen molar-refractivity contribution in [3.05, 3.63) is 69.7 Å². The predicted molar refractivity (Wildman–Crippen MR) is 87.6 cm³/mol. The highest BCUT2D eigenvalue weighted by Gasteiger charge is 2.11. The van der Waals surface area contributed by atoms with Crippen LogP contribution in [0.25, 0.3) is 0 Å². The van der Waals surface area contributed by atoms with Crippen LogP contribution >= 0.6 is 11.6 Å². The van der Waals surface area contributed by atoms with Crippen LogP contribution in [0.15, 0.2) is 42.5 Å². The van der Waals surface area contributed by atoms with E-state index < -0.39 is 0 Å². The summed E-state index contributed by atoms with van der Waals surface area (Å²) < 4.78 is 0. The maximum absolute atomic E-state index is 6.25. The Morgan fingerprint density at radius 3 is 2.40 bits per heavy atom. The molecule has 0 amide bonds. The first-order chi connectivity index (χ1) is 9.60. The smallest absolute Gasteiger partial charge is 0.0438 e. The lowest BCUT2D eigenvalue weighted by Crippen LogP contribution is -2.30. The van der Waals surface area contributed by atoms with Crippen LogP contribution in [0.2, 0.25) is 5.02 Å². The first-order valence-corrected chi connectivity index (χ1v) is 7.44. The summed E-state index contributed by atoms with van der Waals surface area (Å²) in [5.74, 6) is 0. The summed E-state index contributed by atoms with van der Waals surface area (Å²) in [6.45, 7) is 4.32. The molecular formula is C18H22ClN. The van der Waals surface area contributed by atoms with Gasteiger partial charge >= 0.3 is 0 Å². The summed E-state index contributed by atoms with van der Waals surface area (Å²) in [5.41, 5.74) is 5.29. The number of aryl methyl sites for hydroxylation is 2. The van der Waals surface area contributed by atoms with Gasteiger partial charge in [0.25, 0.3) is 0 Å². The molecule has 2 aromatic carbocycles. The minimum Gasteiger partial charge on any atom is -0.316 e. The molecule has 1 unspecified atom stereocenters. The van der Waals surface area contributed by atoms with Crippen LogP contribution in [-0.4, -0.2) is 13.1 Å². The van der Waals surface area contributed by atoms with Crippen LogP contribution < -0.4 is 5.32 Å². The molecule has 0 bridgehead atoms. The Balaban J connectivity index is 2.09. The Hall–Kier alpha value is -1.31. The molecular weight excluding hydrogens is 266 g/mol. The largest absolute Gasteiger partial charge is 0.316 e. The van der Waals surface area contributed by atoms with Crippen LogP contribution in [-0.2, 0) is 12.8 Å². The summed E-state index contributed by atoms with van der Waals surface area (Å²) in [7, 11) is 2.02. The topological polar surface area (TPSA) is 12.0 Å². The SMILES string of the molecule is CNC(Cc1ccc(C)c(C)c1)Cc1ccccc1Cl. The summed E-state index contributed by atoms with van der Waals surface area (Å²) in [6.07, 6.45) is 1.96. The maximum atomic E-state index is 6.25. The van der Waals surface area contributed by atoms with Crippen molar-refractivity contribution in [3.63, 3.8) is 0 Å². The quantitative estimate of drug-likeness (QED) is 0.863. The van der Waals surface area contributed by atoms with Gasteiger partial charge in [0, 0.05) is 11.1 Å². The van der Waals surface area contributed by atoms with E-state index in [-0.39, 0.29) is 0 Å². The summed E-state index contributed by atoms with van der Waals surface area (Å²) >= 11 is 6.25. The summed E-state index contributed by atoms with van der Waals surface area (Å²) in [5, 5.41) is 4.26. The predicted octanol–water partition coefficient (Wildman–Crippen LogP) is 4.33. The highest BCUT2D eigenvalue weighted by molar-refractivity contribution is 6.31. The van der Waals surface area contributed by atoms with Gasteiger partial charge in [-0.2, -0.15) is 0 Å². The molecule has 2 aromatic rings. The monoisotopic (exact) mass is 287 g/mol. The molecule has 0 saturated heterocycles. The second-order valence-corrected chi connectivity index (χ2v) is 5.81. The van der Waals surface area contributed by atoms with Crippen LogP contribution in [0.3, 0.4) is 0 Å². The molecule has 1 atom stereocenters. The van der Waals surface area contributed by atoms with Gasteiger partial charge < -0.3 is 5.32 Å². The molecule has 1 N–H and O–H groups in total. The van der Waals surface area contributed by atoms with Crippen molar-refractivity contribution in [1.82, 2.24) is 5.32 Å². The van der Waals surface area contributed by atoms with E-state index in [1.165, 1.54) is 22.3 Å². The molecule has 0 aromatic heterocycles. The number of hydrogen-bond acceptors (Lipinski definition) is 1. The molecule has 2 heteroatoms. The van der Waals surface area contributed by atoms with Crippen LogP contribution in [0.5, 0.6) is 0 Å². The second-order valence-electron chi connectivity index (χ2n) is 5.40. The highest BCUT2D eigenvalue weighted by Crippen LogP contribution is 2.19. The maximum Gasteiger partial charge on any atom is 0.0438 e. The molecule has 0 aliphatic heterocycles. The van der Waals surface area contributed by atoms with Gasteiger partial charge in [-0.25, -0.2) is 0 Å². The number of hydrogen-bond donors (Lipinski definition) is 1. The standard InChI is InChI=1S/C18H22ClN/c1-13-8-9-15(10-14(13)2)11-17(20-3)12-16-6-4-5-7-18(16)19/h4-10,17,20H,11-12H2,1-3H3. The van der Waals surface area contributed by atoms with Gasteiger partial charge in [-0.05, 0) is 62.1 Å². The zero-order valence-corrected chi connectivity index (χ0v) is 13.2. The van der Waals surface area contributed by atoms with Crippen LogP contribution in [0.1, 0.15) is 22.3 Å². The van der Waals surface area contributed by atoms with Gasteiger partial charge in [0.15, 0.2) is 0 Å². The Bertz CT molecular complexity index is 577. The Morgan fingerprint density at radius 2 is 1.75 bits per heavy atom. The molecule has 20 heavy (non-hydrogen) atoms. The van der Waals surface area contributed by atoms with E-state index >= 15 is 0 Å². The lowest BCUT2D eigenvalue weighted by atomic mass is 9.97. The van der Waals surface area contributed by atoms with E-state index in [9.17, 15) is 0 Å². The van der Waals surface area contributed by atoms with E-state index in [4.69, 9.17) is 11.6 Å². The fourth-order valence-corrected chi connectivity index (χ4v) is 2.63. The molecule has 0 aliphatic rings. The lowest BCUT2D eigenvalue weighted by molar-refractivity contribution is 0.556. The third kappa shape index (κ3) is 3.84. The Kier molecular flexibility index (Phi) is 5.22. The average Bonchev–Trinajstić information content (AvgIpc) is 2.44. The molecule has 0 heterocycles. The number of likely N-dealkylation sites (N-methyl/N-ethyl adjacent to an activating group) is 1. The molecule has 0 radical (unpaired) electrons. The highest BCUT2D eigenvalue weighted by atomic mass is 35.5. The van der Waals surface area contributed by atoms with Crippen molar-refractivity contribution >= 4 is 11.6 Å². The second kappa shape index (κ2) is 6.92. The van der Waals surface area contributed by atoms with E-state index in [0.29, 0.717) is 6.04 Å². The van der Waals surface area contributed by atoms with Gasteiger partial charge in [0.05, 0.1) is 0 Å². The van der Waals surface area contributed by atoms with E-state index in [0.717, 1.165) is 17.9 Å². The van der Waals surface area contributed by atoms with Gasteiger partial charge in [-0.15, -0.1) is 0 Å². The third-order valence-corrected chi connectivity index (χ3v) is 4.25. The Morgan fingerprint density at radius 1 is 1.00 bits per heavy atom. The van der Waals surface area contributed by atoms with Crippen molar-refractivity contribution in [1.29, 1.82) is 0 Å². The minimum absolute atomic E-state index is 0.400. The van der Waals surface area contributed by atoms with Gasteiger partial charge in [-0.3, -0.25) is 0 Å². The van der Waals surface area contributed by atoms with Crippen molar-refractivity contribution in [2.24, 2.45) is 0 Å². The van der Waals surface area contributed by atoms with E-state index in [1.807, 2.05) is 25.2 Å². The molecule has 0 spiro atoms. The van der Waals surface area contributed by atoms with Crippen molar-refractivity contribution in [2.75, 3.05) is 7.05 Å². The molecule has 106 valence electrons. The van der Waals surface area contributed by atoms with Gasteiger partial charge in [-0.1, -0.05) is 48.0 Å². The fourth-order valence-electron chi connectivity index (χ4n) is 2.42. The van der Waals surface area contributed by atoms with Crippen molar-refractivity contribution < 1.29 is 0 Å². The van der Waals surface area contributed by atoms with Crippen LogP contribution in [0.4, 0.5) is 0 Å². The van der Waals surface area contributed by atoms with Gasteiger partial charge in [0.2, 0.25) is 0 Å². The normalized spacial score (nSPS) is 12.4.